The summed E-state index contributed by atoms with van der Waals surface area (Å²) >= 11 is 0. The molecule has 0 unspecified atom stereocenters. The Morgan fingerprint density at radius 3 is 2.33 bits per heavy atom. The zero-order chi connectivity index (χ0) is 9.35. The molecule has 1 rings (SSSR count). The summed E-state index contributed by atoms with van der Waals surface area (Å²) in [6.45, 7) is 3.33. The van der Waals surface area contributed by atoms with Gasteiger partial charge in [0.2, 0.25) is 0 Å². The van der Waals surface area contributed by atoms with Crippen LogP contribution in [0, 0.1) is 11.3 Å². The second-order valence-electron chi connectivity index (χ2n) is 3.61. The summed E-state index contributed by atoms with van der Waals surface area (Å²) in [5.74, 6) is -0.284. The molecule has 0 spiro atoms. The van der Waals surface area contributed by atoms with Gasteiger partial charge in [0.15, 0.2) is 0 Å². The van der Waals surface area contributed by atoms with Gasteiger partial charge in [0.25, 0.3) is 0 Å². The molecule has 3 nitrogen and oxygen atoms in total. The molecule has 0 aromatic carbocycles. The fourth-order valence-electron chi connectivity index (χ4n) is 1.85. The van der Waals surface area contributed by atoms with Crippen LogP contribution in [0.2, 0.25) is 0 Å². The molecular weight excluding hydrogens is 156 g/mol. The molecule has 0 aliphatic heterocycles. The summed E-state index contributed by atoms with van der Waals surface area (Å²) in [7, 11) is 1.36. The fourth-order valence-corrected chi connectivity index (χ4v) is 1.85. The van der Waals surface area contributed by atoms with Gasteiger partial charge in [-0.2, -0.15) is 0 Å². The molecule has 1 saturated carbocycles. The van der Waals surface area contributed by atoms with Crippen molar-refractivity contribution >= 4 is 11.8 Å². The van der Waals surface area contributed by atoms with Crippen LogP contribution in [-0.4, -0.2) is 18.9 Å². The van der Waals surface area contributed by atoms with Gasteiger partial charge < -0.3 is 4.74 Å². The number of carbonyl (C=O) groups excluding carboxylic acids is 2. The highest BCUT2D eigenvalue weighted by atomic mass is 16.5. The molecule has 0 amide bonds. The summed E-state index contributed by atoms with van der Waals surface area (Å²) in [4.78, 5) is 22.3. The molecule has 68 valence electrons. The van der Waals surface area contributed by atoms with Crippen LogP contribution in [0.15, 0.2) is 0 Å². The molecule has 12 heavy (non-hydrogen) atoms. The van der Waals surface area contributed by atoms with Crippen molar-refractivity contribution in [3.63, 3.8) is 0 Å². The van der Waals surface area contributed by atoms with E-state index in [1.54, 1.807) is 6.92 Å². The van der Waals surface area contributed by atoms with Gasteiger partial charge >= 0.3 is 5.97 Å². The third-order valence-electron chi connectivity index (χ3n) is 2.86. The van der Waals surface area contributed by atoms with Crippen molar-refractivity contribution < 1.29 is 14.3 Å². The number of Topliss-reactive ketones (excluding diaryl/α,β-unsaturated/α-hetero) is 1. The van der Waals surface area contributed by atoms with E-state index in [-0.39, 0.29) is 17.7 Å². The Morgan fingerprint density at radius 1 is 1.50 bits per heavy atom. The Bertz CT molecular complexity index is 222. The highest BCUT2D eigenvalue weighted by Crippen LogP contribution is 2.47. The second-order valence-corrected chi connectivity index (χ2v) is 3.61. The minimum absolute atomic E-state index is 0.0918. The van der Waals surface area contributed by atoms with Crippen molar-refractivity contribution in [3.05, 3.63) is 0 Å². The Labute approximate surface area is 72.1 Å². The number of hydrogen-bond acceptors (Lipinski definition) is 3. The van der Waals surface area contributed by atoms with Crippen LogP contribution in [0.3, 0.4) is 0 Å². The minimum Gasteiger partial charge on any atom is -0.469 e. The summed E-state index contributed by atoms with van der Waals surface area (Å²) in [5, 5.41) is 0. The maximum absolute atomic E-state index is 11.3. The van der Waals surface area contributed by atoms with E-state index in [0.29, 0.717) is 0 Å². The van der Waals surface area contributed by atoms with Gasteiger partial charge in [0, 0.05) is 5.92 Å². The average molecular weight is 170 g/mol. The topological polar surface area (TPSA) is 43.4 Å². The molecule has 0 bridgehead atoms. The van der Waals surface area contributed by atoms with Crippen molar-refractivity contribution in [1.82, 2.24) is 0 Å². The van der Waals surface area contributed by atoms with Gasteiger partial charge in [-0.25, -0.2) is 0 Å². The van der Waals surface area contributed by atoms with E-state index in [0.717, 1.165) is 12.8 Å². The van der Waals surface area contributed by atoms with Gasteiger partial charge in [-0.3, -0.25) is 9.59 Å². The Kier molecular flexibility index (Phi) is 2.22. The lowest BCUT2D eigenvalue weighted by atomic mass is 9.60. The summed E-state index contributed by atoms with van der Waals surface area (Å²) in [6, 6.07) is 0. The summed E-state index contributed by atoms with van der Waals surface area (Å²) < 4.78 is 4.65. The maximum Gasteiger partial charge on any atom is 0.312 e. The number of carbonyl (C=O) groups is 2. The van der Waals surface area contributed by atoms with Crippen LogP contribution in [0.25, 0.3) is 0 Å². The van der Waals surface area contributed by atoms with Crippen molar-refractivity contribution in [1.29, 1.82) is 0 Å². The number of esters is 1. The third-order valence-corrected chi connectivity index (χ3v) is 2.86. The van der Waals surface area contributed by atoms with E-state index in [1.165, 1.54) is 14.0 Å². The normalized spacial score (nSPS) is 33.8. The van der Waals surface area contributed by atoms with Gasteiger partial charge in [-0.1, -0.05) is 0 Å². The summed E-state index contributed by atoms with van der Waals surface area (Å²) in [6.07, 6.45) is 1.59. The standard InChI is InChI=1S/C9H14O3/c1-6(10)7-4-5-9(7,2)8(11)12-3/h7H,4-5H2,1-3H3/t7-,9-/m0/s1. The van der Waals surface area contributed by atoms with Crippen molar-refractivity contribution in [3.8, 4) is 0 Å². The average Bonchev–Trinajstić information content (AvgIpc) is 1.98. The quantitative estimate of drug-likeness (QED) is 0.584. The monoisotopic (exact) mass is 170 g/mol. The molecule has 3 heteroatoms. The van der Waals surface area contributed by atoms with E-state index in [2.05, 4.69) is 4.74 Å². The first kappa shape index (κ1) is 9.23. The van der Waals surface area contributed by atoms with Gasteiger partial charge in [0.05, 0.1) is 12.5 Å². The van der Waals surface area contributed by atoms with Crippen LogP contribution >= 0.6 is 0 Å². The van der Waals surface area contributed by atoms with Crippen LogP contribution < -0.4 is 0 Å². The molecule has 0 aromatic heterocycles. The first-order chi connectivity index (χ1) is 5.52. The Balaban J connectivity index is 2.73. The van der Waals surface area contributed by atoms with Crippen LogP contribution in [0.5, 0.6) is 0 Å². The molecule has 0 N–H and O–H groups in total. The number of ketones is 1. The molecule has 1 aliphatic rings. The van der Waals surface area contributed by atoms with E-state index in [4.69, 9.17) is 0 Å². The smallest absolute Gasteiger partial charge is 0.312 e. The van der Waals surface area contributed by atoms with Crippen LogP contribution in [0.4, 0.5) is 0 Å². The molecule has 0 aromatic rings. The Hall–Kier alpha value is -0.860. The number of methoxy groups -OCH3 is 1. The predicted octanol–water partition coefficient (Wildman–Crippen LogP) is 1.16. The molecular formula is C9H14O3. The van der Waals surface area contributed by atoms with Crippen LogP contribution in [0.1, 0.15) is 26.7 Å². The van der Waals surface area contributed by atoms with E-state index in [1.807, 2.05) is 0 Å². The molecule has 0 saturated heterocycles. The molecule has 2 atom stereocenters. The maximum atomic E-state index is 11.3. The lowest BCUT2D eigenvalue weighted by Crippen LogP contribution is -2.48. The van der Waals surface area contributed by atoms with Gasteiger partial charge in [0.1, 0.15) is 5.78 Å². The lowest BCUT2D eigenvalue weighted by molar-refractivity contribution is -0.166. The van der Waals surface area contributed by atoms with Gasteiger partial charge in [-0.15, -0.1) is 0 Å². The zero-order valence-electron chi connectivity index (χ0n) is 7.72. The number of hydrogen-bond donors (Lipinski definition) is 0. The van der Waals surface area contributed by atoms with E-state index < -0.39 is 5.41 Å². The first-order valence-corrected chi connectivity index (χ1v) is 4.11. The van der Waals surface area contributed by atoms with Crippen molar-refractivity contribution in [2.45, 2.75) is 26.7 Å². The Morgan fingerprint density at radius 2 is 2.08 bits per heavy atom. The van der Waals surface area contributed by atoms with Crippen molar-refractivity contribution in [2.24, 2.45) is 11.3 Å². The lowest BCUT2D eigenvalue weighted by Gasteiger charge is -2.42. The van der Waals surface area contributed by atoms with E-state index in [9.17, 15) is 9.59 Å². The first-order valence-electron chi connectivity index (χ1n) is 4.11. The van der Waals surface area contributed by atoms with Crippen LogP contribution in [-0.2, 0) is 14.3 Å². The largest absolute Gasteiger partial charge is 0.469 e. The molecule has 1 aliphatic carbocycles. The van der Waals surface area contributed by atoms with Crippen molar-refractivity contribution in [2.75, 3.05) is 7.11 Å². The molecule has 0 heterocycles. The minimum atomic E-state index is -0.541. The fraction of sp³-hybridized carbons (Fsp3) is 0.778. The number of ether oxygens (including phenoxy) is 1. The highest BCUT2D eigenvalue weighted by molar-refractivity contribution is 5.89. The zero-order valence-corrected chi connectivity index (χ0v) is 7.72. The number of rotatable bonds is 2. The predicted molar refractivity (Wildman–Crippen MR) is 43.5 cm³/mol. The molecule has 0 radical (unpaired) electrons. The van der Waals surface area contributed by atoms with Gasteiger partial charge in [-0.05, 0) is 26.7 Å². The van der Waals surface area contributed by atoms with E-state index >= 15 is 0 Å². The molecule has 1 fully saturated rings. The third kappa shape index (κ3) is 1.13. The second kappa shape index (κ2) is 2.88. The summed E-state index contributed by atoms with van der Waals surface area (Å²) in [5.41, 5.74) is -0.541. The highest BCUT2D eigenvalue weighted by Gasteiger charge is 2.51. The SMILES string of the molecule is COC(=O)[C@@]1(C)CC[C@H]1C(C)=O.